The summed E-state index contributed by atoms with van der Waals surface area (Å²) in [5, 5.41) is 4.51. The third-order valence-corrected chi connectivity index (χ3v) is 5.62. The van der Waals surface area contributed by atoms with E-state index in [9.17, 15) is 4.79 Å². The number of nitrogens with zero attached hydrogens (tertiary/aromatic N) is 3. The lowest BCUT2D eigenvalue weighted by atomic mass is 9.76. The Morgan fingerprint density at radius 2 is 1.96 bits per heavy atom. The summed E-state index contributed by atoms with van der Waals surface area (Å²) in [5.41, 5.74) is 3.45. The lowest BCUT2D eigenvalue weighted by Crippen LogP contribution is -2.47. The molecule has 4 rings (SSSR count). The van der Waals surface area contributed by atoms with Gasteiger partial charge in [0.1, 0.15) is 0 Å². The van der Waals surface area contributed by atoms with Crippen LogP contribution in [0.4, 0.5) is 0 Å². The van der Waals surface area contributed by atoms with Gasteiger partial charge < -0.3 is 14.4 Å². The molecule has 3 heterocycles. The second-order valence-corrected chi connectivity index (χ2v) is 8.14. The van der Waals surface area contributed by atoms with E-state index in [-0.39, 0.29) is 11.3 Å². The topological polar surface area (TPSA) is 56.6 Å². The molecule has 0 N–H and O–H groups in total. The van der Waals surface area contributed by atoms with Crippen LogP contribution in [0.2, 0.25) is 0 Å². The molecule has 0 aliphatic carbocycles. The van der Waals surface area contributed by atoms with Gasteiger partial charge >= 0.3 is 0 Å². The first-order valence-corrected chi connectivity index (χ1v) is 9.59. The van der Waals surface area contributed by atoms with Crippen molar-refractivity contribution in [3.8, 4) is 11.5 Å². The number of hydrogen-bond donors (Lipinski definition) is 0. The summed E-state index contributed by atoms with van der Waals surface area (Å²) >= 11 is 0. The number of carbonyl (C=O) groups is 1. The molecule has 0 spiro atoms. The summed E-state index contributed by atoms with van der Waals surface area (Å²) in [6.07, 6.45) is 2.45. The SMILES string of the molecule is Cc1cc(C)n(CCN2C[C@@](C)(Cc3ccc4c(c3)OCO4)CCC2=O)n1. The van der Waals surface area contributed by atoms with E-state index in [0.717, 1.165) is 48.8 Å². The van der Waals surface area contributed by atoms with Crippen molar-refractivity contribution < 1.29 is 14.3 Å². The van der Waals surface area contributed by atoms with Crippen molar-refractivity contribution in [1.82, 2.24) is 14.7 Å². The minimum Gasteiger partial charge on any atom is -0.454 e. The third-order valence-electron chi connectivity index (χ3n) is 5.62. The summed E-state index contributed by atoms with van der Waals surface area (Å²) in [6, 6.07) is 8.23. The van der Waals surface area contributed by atoms with Crippen molar-refractivity contribution in [2.45, 2.75) is 46.6 Å². The van der Waals surface area contributed by atoms with E-state index in [1.54, 1.807) is 0 Å². The zero-order valence-corrected chi connectivity index (χ0v) is 16.3. The standard InChI is InChI=1S/C21H27N3O3/c1-15-10-16(2)24(22-15)9-8-23-13-21(3,7-6-20(23)25)12-17-4-5-18-19(11-17)27-14-26-18/h4-5,10-11H,6-9,12-14H2,1-3H3/t21-/m1/s1. The molecule has 1 fully saturated rings. The molecule has 0 unspecified atom stereocenters. The first kappa shape index (κ1) is 17.9. The van der Waals surface area contributed by atoms with E-state index in [1.807, 2.05) is 22.6 Å². The van der Waals surface area contributed by atoms with Crippen molar-refractivity contribution in [1.29, 1.82) is 0 Å². The van der Waals surface area contributed by atoms with Crippen LogP contribution in [0.25, 0.3) is 0 Å². The Kier molecular flexibility index (Phi) is 4.58. The number of rotatable bonds is 5. The lowest BCUT2D eigenvalue weighted by molar-refractivity contribution is -0.137. The number of hydrogen-bond acceptors (Lipinski definition) is 4. The van der Waals surface area contributed by atoms with E-state index < -0.39 is 0 Å². The zero-order valence-electron chi connectivity index (χ0n) is 16.3. The van der Waals surface area contributed by atoms with Crippen LogP contribution in [-0.4, -0.2) is 40.5 Å². The van der Waals surface area contributed by atoms with Gasteiger partial charge in [-0.15, -0.1) is 0 Å². The van der Waals surface area contributed by atoms with E-state index in [0.29, 0.717) is 19.8 Å². The molecule has 2 aromatic rings. The van der Waals surface area contributed by atoms with Gasteiger partial charge in [-0.1, -0.05) is 13.0 Å². The molecule has 1 atom stereocenters. The number of piperidine rings is 1. The van der Waals surface area contributed by atoms with E-state index >= 15 is 0 Å². The maximum absolute atomic E-state index is 12.5. The predicted octanol–water partition coefficient (Wildman–Crippen LogP) is 3.10. The van der Waals surface area contributed by atoms with Gasteiger partial charge in [-0.05, 0) is 55.9 Å². The fraction of sp³-hybridized carbons (Fsp3) is 0.524. The lowest BCUT2D eigenvalue weighted by Gasteiger charge is -2.40. The number of aryl methyl sites for hydroxylation is 2. The number of likely N-dealkylation sites (tertiary alicyclic amines) is 1. The molecule has 27 heavy (non-hydrogen) atoms. The van der Waals surface area contributed by atoms with Crippen molar-refractivity contribution in [3.05, 3.63) is 41.2 Å². The number of fused-ring (bicyclic) bond motifs is 1. The maximum Gasteiger partial charge on any atom is 0.231 e. The van der Waals surface area contributed by atoms with Crippen LogP contribution in [0.15, 0.2) is 24.3 Å². The van der Waals surface area contributed by atoms with Crippen molar-refractivity contribution >= 4 is 5.91 Å². The molecule has 0 radical (unpaired) electrons. The molecule has 0 bridgehead atoms. The largest absolute Gasteiger partial charge is 0.454 e. The van der Waals surface area contributed by atoms with E-state index in [1.165, 1.54) is 5.56 Å². The average molecular weight is 369 g/mol. The minimum absolute atomic E-state index is 0.0662. The third kappa shape index (κ3) is 3.80. The Labute approximate surface area is 160 Å². The van der Waals surface area contributed by atoms with Gasteiger partial charge in [-0.2, -0.15) is 5.10 Å². The smallest absolute Gasteiger partial charge is 0.231 e. The molecule has 1 aromatic carbocycles. The fourth-order valence-corrected chi connectivity index (χ4v) is 4.20. The summed E-state index contributed by atoms with van der Waals surface area (Å²) in [5.74, 6) is 1.89. The summed E-state index contributed by atoms with van der Waals surface area (Å²) < 4.78 is 12.9. The molecule has 2 aliphatic heterocycles. The Morgan fingerprint density at radius 3 is 2.74 bits per heavy atom. The van der Waals surface area contributed by atoms with Gasteiger partial charge in [0.15, 0.2) is 11.5 Å². The van der Waals surface area contributed by atoms with Crippen LogP contribution < -0.4 is 9.47 Å². The Balaban J connectivity index is 1.42. The molecule has 1 amide bonds. The van der Waals surface area contributed by atoms with Gasteiger partial charge in [-0.3, -0.25) is 9.48 Å². The number of ether oxygens (including phenoxy) is 2. The molecule has 0 saturated carbocycles. The van der Waals surface area contributed by atoms with E-state index in [4.69, 9.17) is 9.47 Å². The van der Waals surface area contributed by atoms with Gasteiger partial charge in [0, 0.05) is 25.2 Å². The Morgan fingerprint density at radius 1 is 1.15 bits per heavy atom. The van der Waals surface area contributed by atoms with Gasteiger partial charge in [-0.25, -0.2) is 0 Å². The highest BCUT2D eigenvalue weighted by Gasteiger charge is 2.35. The maximum atomic E-state index is 12.5. The van der Waals surface area contributed by atoms with Gasteiger partial charge in [0.2, 0.25) is 12.7 Å². The molecule has 6 nitrogen and oxygen atoms in total. The van der Waals surface area contributed by atoms with Crippen LogP contribution in [0.1, 0.15) is 36.7 Å². The summed E-state index contributed by atoms with van der Waals surface area (Å²) in [6.45, 7) is 8.85. The molecular formula is C21H27N3O3. The first-order chi connectivity index (χ1) is 12.9. The van der Waals surface area contributed by atoms with Crippen molar-refractivity contribution in [2.24, 2.45) is 5.41 Å². The average Bonchev–Trinajstić information content (AvgIpc) is 3.21. The van der Waals surface area contributed by atoms with Crippen LogP contribution in [0.5, 0.6) is 11.5 Å². The second kappa shape index (κ2) is 6.91. The quantitative estimate of drug-likeness (QED) is 0.813. The predicted molar refractivity (Wildman–Crippen MR) is 102 cm³/mol. The summed E-state index contributed by atoms with van der Waals surface area (Å²) in [7, 11) is 0. The highest BCUT2D eigenvalue weighted by Crippen LogP contribution is 2.37. The van der Waals surface area contributed by atoms with Crippen molar-refractivity contribution in [3.63, 3.8) is 0 Å². The summed E-state index contributed by atoms with van der Waals surface area (Å²) in [4.78, 5) is 14.5. The number of amides is 1. The molecular weight excluding hydrogens is 342 g/mol. The molecule has 6 heteroatoms. The highest BCUT2D eigenvalue weighted by atomic mass is 16.7. The number of carbonyl (C=O) groups excluding carboxylic acids is 1. The fourth-order valence-electron chi connectivity index (χ4n) is 4.20. The molecule has 2 aliphatic rings. The van der Waals surface area contributed by atoms with Crippen LogP contribution in [-0.2, 0) is 17.8 Å². The Bertz CT molecular complexity index is 860. The first-order valence-electron chi connectivity index (χ1n) is 9.59. The monoisotopic (exact) mass is 369 g/mol. The highest BCUT2D eigenvalue weighted by molar-refractivity contribution is 5.77. The second-order valence-electron chi connectivity index (χ2n) is 8.14. The molecule has 1 aromatic heterocycles. The normalized spacial score (nSPS) is 21.7. The number of benzene rings is 1. The molecule has 144 valence electrons. The van der Waals surface area contributed by atoms with Crippen LogP contribution >= 0.6 is 0 Å². The van der Waals surface area contributed by atoms with E-state index in [2.05, 4.69) is 37.1 Å². The van der Waals surface area contributed by atoms with Crippen LogP contribution in [0.3, 0.4) is 0 Å². The molecule has 1 saturated heterocycles. The minimum atomic E-state index is 0.0662. The van der Waals surface area contributed by atoms with Crippen LogP contribution in [0, 0.1) is 19.3 Å². The van der Waals surface area contributed by atoms with Gasteiger partial charge in [0.05, 0.1) is 12.2 Å². The number of aromatic nitrogens is 2. The Hall–Kier alpha value is -2.50. The zero-order chi connectivity index (χ0) is 19.0. The van der Waals surface area contributed by atoms with Crippen molar-refractivity contribution in [2.75, 3.05) is 19.9 Å². The van der Waals surface area contributed by atoms with Gasteiger partial charge in [0.25, 0.3) is 0 Å².